The fraction of sp³-hybridized carbons (Fsp3) is 0.267. The van der Waals surface area contributed by atoms with Crippen molar-refractivity contribution >= 4 is 17.2 Å². The molecule has 1 aromatic heterocycles. The highest BCUT2D eigenvalue weighted by molar-refractivity contribution is 7.80. The molecule has 2 aromatic rings. The van der Waals surface area contributed by atoms with Gasteiger partial charge < -0.3 is 5.73 Å². The van der Waals surface area contributed by atoms with Crippen LogP contribution in [0.15, 0.2) is 29.1 Å². The van der Waals surface area contributed by atoms with E-state index in [1.807, 2.05) is 32.9 Å². The van der Waals surface area contributed by atoms with E-state index in [0.717, 1.165) is 11.1 Å². The fourth-order valence-electron chi connectivity index (χ4n) is 2.17. The Morgan fingerprint density at radius 1 is 1.35 bits per heavy atom. The maximum atomic E-state index is 12.1. The van der Waals surface area contributed by atoms with Crippen molar-refractivity contribution in [3.8, 4) is 11.3 Å². The number of rotatable bonds is 3. The summed E-state index contributed by atoms with van der Waals surface area (Å²) < 4.78 is 1.39. The lowest BCUT2D eigenvalue weighted by Crippen LogP contribution is -2.30. The van der Waals surface area contributed by atoms with E-state index in [0.29, 0.717) is 17.8 Å². The van der Waals surface area contributed by atoms with Gasteiger partial charge in [0.25, 0.3) is 5.56 Å². The molecule has 104 valence electrons. The Morgan fingerprint density at radius 3 is 2.60 bits per heavy atom. The quantitative estimate of drug-likeness (QED) is 0.879. The normalized spacial score (nSPS) is 10.6. The van der Waals surface area contributed by atoms with Crippen LogP contribution in [0.1, 0.15) is 23.6 Å². The summed E-state index contributed by atoms with van der Waals surface area (Å²) >= 11 is 4.96. The van der Waals surface area contributed by atoms with Crippen LogP contribution in [-0.2, 0) is 6.54 Å². The molecule has 0 spiro atoms. The van der Waals surface area contributed by atoms with E-state index in [-0.39, 0.29) is 10.5 Å². The van der Waals surface area contributed by atoms with Crippen molar-refractivity contribution in [2.24, 2.45) is 5.73 Å². The summed E-state index contributed by atoms with van der Waals surface area (Å²) in [6.07, 6.45) is 0. The zero-order valence-electron chi connectivity index (χ0n) is 11.8. The molecule has 0 amide bonds. The first-order valence-corrected chi connectivity index (χ1v) is 6.84. The van der Waals surface area contributed by atoms with Crippen molar-refractivity contribution in [3.05, 3.63) is 51.3 Å². The third-order valence-electron chi connectivity index (χ3n) is 3.20. The first-order chi connectivity index (χ1) is 9.43. The van der Waals surface area contributed by atoms with Gasteiger partial charge in [0.05, 0.1) is 11.3 Å². The average molecular weight is 287 g/mol. The minimum Gasteiger partial charge on any atom is -0.389 e. The molecular weight excluding hydrogens is 270 g/mol. The molecule has 0 radical (unpaired) electrons. The van der Waals surface area contributed by atoms with Gasteiger partial charge in [0.2, 0.25) is 0 Å². The lowest BCUT2D eigenvalue weighted by molar-refractivity contribution is 0.617. The summed E-state index contributed by atoms with van der Waals surface area (Å²) in [5, 5.41) is 4.38. The van der Waals surface area contributed by atoms with Gasteiger partial charge in [-0.15, -0.1) is 0 Å². The van der Waals surface area contributed by atoms with Crippen LogP contribution in [0, 0.1) is 13.8 Å². The van der Waals surface area contributed by atoms with E-state index in [1.165, 1.54) is 10.2 Å². The van der Waals surface area contributed by atoms with Gasteiger partial charge >= 0.3 is 0 Å². The van der Waals surface area contributed by atoms with E-state index >= 15 is 0 Å². The van der Waals surface area contributed by atoms with Crippen LogP contribution >= 0.6 is 12.2 Å². The number of hydrogen-bond donors (Lipinski definition) is 1. The summed E-state index contributed by atoms with van der Waals surface area (Å²) in [5.41, 5.74) is 9.72. The average Bonchev–Trinajstić information content (AvgIpc) is 2.39. The molecule has 1 aromatic carbocycles. The zero-order chi connectivity index (χ0) is 14.9. The highest BCUT2D eigenvalue weighted by Gasteiger charge is 2.12. The van der Waals surface area contributed by atoms with Crippen LogP contribution in [0.3, 0.4) is 0 Å². The Labute approximate surface area is 123 Å². The van der Waals surface area contributed by atoms with Crippen LogP contribution in [0.2, 0.25) is 0 Å². The van der Waals surface area contributed by atoms with Crippen LogP contribution < -0.4 is 11.3 Å². The van der Waals surface area contributed by atoms with E-state index in [1.54, 1.807) is 6.07 Å². The molecule has 0 bridgehead atoms. The minimum atomic E-state index is -0.242. The van der Waals surface area contributed by atoms with Gasteiger partial charge in [-0.3, -0.25) is 4.79 Å². The molecule has 0 aliphatic heterocycles. The van der Waals surface area contributed by atoms with Crippen molar-refractivity contribution in [1.29, 1.82) is 0 Å². The topological polar surface area (TPSA) is 60.9 Å². The molecule has 2 N–H and O–H groups in total. The first kappa shape index (κ1) is 14.4. The van der Waals surface area contributed by atoms with Crippen LogP contribution in [0.5, 0.6) is 0 Å². The molecule has 0 fully saturated rings. The number of benzene rings is 1. The van der Waals surface area contributed by atoms with E-state index in [4.69, 9.17) is 18.0 Å². The highest BCUT2D eigenvalue weighted by Crippen LogP contribution is 2.22. The minimum absolute atomic E-state index is 0.102. The predicted octanol–water partition coefficient (Wildman–Crippen LogP) is 2.18. The smallest absolute Gasteiger partial charge is 0.277 e. The molecule has 0 unspecified atom stereocenters. The number of hydrogen-bond acceptors (Lipinski definition) is 3. The van der Waals surface area contributed by atoms with Crippen LogP contribution in [0.25, 0.3) is 11.3 Å². The molecule has 0 saturated heterocycles. The van der Waals surface area contributed by atoms with Gasteiger partial charge in [0, 0.05) is 12.1 Å². The summed E-state index contributed by atoms with van der Waals surface area (Å²) in [6, 6.07) is 7.78. The maximum absolute atomic E-state index is 12.1. The van der Waals surface area contributed by atoms with Gasteiger partial charge in [-0.25, -0.2) is 4.68 Å². The second-order valence-corrected chi connectivity index (χ2v) is 5.19. The van der Waals surface area contributed by atoms with E-state index in [9.17, 15) is 4.79 Å². The summed E-state index contributed by atoms with van der Waals surface area (Å²) in [6.45, 7) is 6.40. The lowest BCUT2D eigenvalue weighted by Gasteiger charge is -2.11. The Morgan fingerprint density at radius 2 is 2.05 bits per heavy atom. The molecule has 0 atom stereocenters. The fourth-order valence-corrected chi connectivity index (χ4v) is 2.31. The molecule has 4 nitrogen and oxygen atoms in total. The Kier molecular flexibility index (Phi) is 3.99. The standard InChI is InChI=1S/C15H17N3OS/c1-4-18-15(19)12(14(16)20)8-13(17-18)11-6-5-9(2)7-10(11)3/h5-8H,4H2,1-3H3,(H2,16,20). The van der Waals surface area contributed by atoms with Gasteiger partial charge in [0.1, 0.15) is 4.99 Å². The third kappa shape index (κ3) is 2.63. The summed E-state index contributed by atoms with van der Waals surface area (Å²) in [7, 11) is 0. The molecule has 20 heavy (non-hydrogen) atoms. The van der Waals surface area contributed by atoms with Gasteiger partial charge in [-0.1, -0.05) is 36.0 Å². The highest BCUT2D eigenvalue weighted by atomic mass is 32.1. The Bertz CT molecular complexity index is 734. The van der Waals surface area contributed by atoms with E-state index < -0.39 is 0 Å². The third-order valence-corrected chi connectivity index (χ3v) is 3.42. The number of nitrogens with two attached hydrogens (primary N) is 1. The lowest BCUT2D eigenvalue weighted by atomic mass is 10.0. The van der Waals surface area contributed by atoms with Crippen LogP contribution in [0.4, 0.5) is 0 Å². The summed E-state index contributed by atoms with van der Waals surface area (Å²) in [4.78, 5) is 12.2. The van der Waals surface area contributed by atoms with Gasteiger partial charge in [0.15, 0.2) is 0 Å². The SMILES string of the molecule is CCn1nc(-c2ccc(C)cc2C)cc(C(N)=S)c1=O. The molecule has 0 aliphatic rings. The first-order valence-electron chi connectivity index (χ1n) is 6.43. The van der Waals surface area contributed by atoms with Crippen molar-refractivity contribution in [3.63, 3.8) is 0 Å². The zero-order valence-corrected chi connectivity index (χ0v) is 12.6. The van der Waals surface area contributed by atoms with Crippen molar-refractivity contribution < 1.29 is 0 Å². The summed E-state index contributed by atoms with van der Waals surface area (Å²) in [5.74, 6) is 0. The number of aromatic nitrogens is 2. The molecule has 0 saturated carbocycles. The largest absolute Gasteiger partial charge is 0.389 e. The van der Waals surface area contributed by atoms with Crippen molar-refractivity contribution in [1.82, 2.24) is 9.78 Å². The van der Waals surface area contributed by atoms with Crippen molar-refractivity contribution in [2.45, 2.75) is 27.3 Å². The number of thiocarbonyl (C=S) groups is 1. The molecule has 2 rings (SSSR count). The van der Waals surface area contributed by atoms with E-state index in [2.05, 4.69) is 11.2 Å². The van der Waals surface area contributed by atoms with Crippen molar-refractivity contribution in [2.75, 3.05) is 0 Å². The number of aryl methyl sites for hydroxylation is 3. The Hall–Kier alpha value is -2.01. The van der Waals surface area contributed by atoms with Gasteiger partial charge in [-0.2, -0.15) is 5.10 Å². The molecule has 1 heterocycles. The van der Waals surface area contributed by atoms with Crippen LogP contribution in [-0.4, -0.2) is 14.8 Å². The monoisotopic (exact) mass is 287 g/mol. The molecule has 5 heteroatoms. The second kappa shape index (κ2) is 5.54. The molecular formula is C15H17N3OS. The Balaban J connectivity index is 2.71. The number of nitrogens with zero attached hydrogens (tertiary/aromatic N) is 2. The predicted molar refractivity (Wildman–Crippen MR) is 85.0 cm³/mol. The maximum Gasteiger partial charge on any atom is 0.277 e. The molecule has 0 aliphatic carbocycles. The second-order valence-electron chi connectivity index (χ2n) is 4.75. The van der Waals surface area contributed by atoms with Gasteiger partial charge in [-0.05, 0) is 32.4 Å².